The summed E-state index contributed by atoms with van der Waals surface area (Å²) in [4.78, 5) is 15.3. The molecule has 0 aliphatic heterocycles. The highest BCUT2D eigenvalue weighted by molar-refractivity contribution is 7.07. The van der Waals surface area contributed by atoms with Crippen molar-refractivity contribution in [2.45, 2.75) is 20.0 Å². The van der Waals surface area contributed by atoms with Gasteiger partial charge < -0.3 is 16.0 Å². The molecule has 2 aromatic rings. The summed E-state index contributed by atoms with van der Waals surface area (Å²) in [6.45, 7) is 2.88. The molecule has 0 bridgehead atoms. The molecule has 0 fully saturated rings. The Morgan fingerprint density at radius 3 is 2.59 bits per heavy atom. The van der Waals surface area contributed by atoms with E-state index >= 15 is 0 Å². The van der Waals surface area contributed by atoms with Crippen molar-refractivity contribution < 1.29 is 4.79 Å². The lowest BCUT2D eigenvalue weighted by molar-refractivity contribution is -0.114. The fraction of sp³-hybridized carbons (Fsp3) is 0.250. The van der Waals surface area contributed by atoms with Crippen LogP contribution in [0.1, 0.15) is 18.1 Å². The Balaban J connectivity index is 1.86. The van der Waals surface area contributed by atoms with E-state index in [0.717, 1.165) is 23.8 Å². The molecule has 116 valence electrons. The van der Waals surface area contributed by atoms with E-state index in [4.69, 9.17) is 0 Å². The molecule has 1 heterocycles. The second-order valence-corrected chi connectivity index (χ2v) is 5.57. The van der Waals surface area contributed by atoms with Gasteiger partial charge in [-0.3, -0.25) is 9.79 Å². The summed E-state index contributed by atoms with van der Waals surface area (Å²) >= 11 is 1.68. The molecule has 0 saturated carbocycles. The van der Waals surface area contributed by atoms with Crippen LogP contribution in [0.4, 0.5) is 5.69 Å². The first-order valence-corrected chi connectivity index (χ1v) is 7.94. The normalized spacial score (nSPS) is 11.1. The van der Waals surface area contributed by atoms with Gasteiger partial charge in [0.15, 0.2) is 5.96 Å². The molecule has 1 amide bonds. The van der Waals surface area contributed by atoms with Crippen molar-refractivity contribution in [3.63, 3.8) is 0 Å². The van der Waals surface area contributed by atoms with E-state index in [1.807, 2.05) is 24.3 Å². The third-order valence-corrected chi connectivity index (χ3v) is 3.70. The fourth-order valence-electron chi connectivity index (χ4n) is 1.95. The SMILES string of the molecule is CN=C(NCc1ccsc1)NCc1cccc(NC(C)=O)c1. The minimum atomic E-state index is -0.0710. The van der Waals surface area contributed by atoms with Crippen molar-refractivity contribution in [2.24, 2.45) is 4.99 Å². The van der Waals surface area contributed by atoms with Crippen LogP contribution in [0, 0.1) is 0 Å². The number of nitrogens with one attached hydrogen (secondary N) is 3. The van der Waals surface area contributed by atoms with E-state index in [1.165, 1.54) is 12.5 Å². The molecule has 6 heteroatoms. The maximum absolute atomic E-state index is 11.1. The lowest BCUT2D eigenvalue weighted by Crippen LogP contribution is -2.36. The van der Waals surface area contributed by atoms with E-state index in [0.29, 0.717) is 6.54 Å². The smallest absolute Gasteiger partial charge is 0.221 e. The highest BCUT2D eigenvalue weighted by atomic mass is 32.1. The van der Waals surface area contributed by atoms with Gasteiger partial charge in [0.1, 0.15) is 0 Å². The number of amides is 1. The second-order valence-electron chi connectivity index (χ2n) is 4.79. The monoisotopic (exact) mass is 316 g/mol. The average Bonchev–Trinajstić information content (AvgIpc) is 3.00. The van der Waals surface area contributed by atoms with Crippen LogP contribution in [-0.2, 0) is 17.9 Å². The quantitative estimate of drug-likeness (QED) is 0.587. The number of nitrogens with zero attached hydrogens (tertiary/aromatic N) is 1. The topological polar surface area (TPSA) is 65.5 Å². The summed E-state index contributed by atoms with van der Waals surface area (Å²) in [6, 6.07) is 9.82. The molecule has 0 unspecified atom stereocenters. The van der Waals surface area contributed by atoms with Crippen molar-refractivity contribution in [3.8, 4) is 0 Å². The van der Waals surface area contributed by atoms with E-state index < -0.39 is 0 Å². The van der Waals surface area contributed by atoms with Crippen molar-refractivity contribution >= 4 is 28.9 Å². The number of rotatable bonds is 5. The van der Waals surface area contributed by atoms with Gasteiger partial charge in [0.25, 0.3) is 0 Å². The number of anilines is 1. The molecular weight excluding hydrogens is 296 g/mol. The van der Waals surface area contributed by atoms with Crippen LogP contribution in [0.25, 0.3) is 0 Å². The first-order chi connectivity index (χ1) is 10.7. The van der Waals surface area contributed by atoms with Gasteiger partial charge in [0.2, 0.25) is 5.91 Å². The summed E-state index contributed by atoms with van der Waals surface area (Å²) in [7, 11) is 1.75. The maximum Gasteiger partial charge on any atom is 0.221 e. The van der Waals surface area contributed by atoms with Crippen LogP contribution < -0.4 is 16.0 Å². The Morgan fingerprint density at radius 1 is 1.18 bits per heavy atom. The zero-order chi connectivity index (χ0) is 15.8. The second kappa shape index (κ2) is 8.19. The van der Waals surface area contributed by atoms with Crippen molar-refractivity contribution in [1.82, 2.24) is 10.6 Å². The largest absolute Gasteiger partial charge is 0.352 e. The van der Waals surface area contributed by atoms with Crippen LogP contribution in [0.5, 0.6) is 0 Å². The molecule has 22 heavy (non-hydrogen) atoms. The molecule has 0 aliphatic carbocycles. The summed E-state index contributed by atoms with van der Waals surface area (Å²) in [5.41, 5.74) is 3.11. The number of carbonyl (C=O) groups excluding carboxylic acids is 1. The van der Waals surface area contributed by atoms with Gasteiger partial charge in [0, 0.05) is 32.7 Å². The molecule has 5 nitrogen and oxygen atoms in total. The molecule has 0 spiro atoms. The molecule has 0 saturated heterocycles. The summed E-state index contributed by atoms with van der Waals surface area (Å²) in [5, 5.41) is 13.5. The van der Waals surface area contributed by atoms with Gasteiger partial charge >= 0.3 is 0 Å². The number of carbonyl (C=O) groups is 1. The first-order valence-electron chi connectivity index (χ1n) is 6.99. The lowest BCUT2D eigenvalue weighted by Gasteiger charge is -2.12. The minimum absolute atomic E-state index is 0.0710. The van der Waals surface area contributed by atoms with Crippen molar-refractivity contribution in [2.75, 3.05) is 12.4 Å². The van der Waals surface area contributed by atoms with E-state index in [2.05, 4.69) is 37.8 Å². The average molecular weight is 316 g/mol. The highest BCUT2D eigenvalue weighted by Crippen LogP contribution is 2.10. The van der Waals surface area contributed by atoms with Crippen LogP contribution in [0.3, 0.4) is 0 Å². The van der Waals surface area contributed by atoms with Crippen LogP contribution in [0.15, 0.2) is 46.1 Å². The predicted molar refractivity (Wildman–Crippen MR) is 92.1 cm³/mol. The predicted octanol–water partition coefficient (Wildman–Crippen LogP) is 2.57. The van der Waals surface area contributed by atoms with Crippen LogP contribution in [-0.4, -0.2) is 18.9 Å². The van der Waals surface area contributed by atoms with E-state index in [1.54, 1.807) is 18.4 Å². The minimum Gasteiger partial charge on any atom is -0.352 e. The Hall–Kier alpha value is -2.34. The number of aliphatic imine (C=N–C) groups is 1. The number of guanidine groups is 1. The standard InChI is InChI=1S/C16H20N4OS/c1-12(21)20-15-5-3-4-13(8-15)9-18-16(17-2)19-10-14-6-7-22-11-14/h3-8,11H,9-10H2,1-2H3,(H,20,21)(H2,17,18,19). The maximum atomic E-state index is 11.1. The van der Waals surface area contributed by atoms with Gasteiger partial charge in [-0.1, -0.05) is 12.1 Å². The molecule has 2 rings (SSSR count). The molecule has 1 aromatic heterocycles. The molecule has 3 N–H and O–H groups in total. The third-order valence-electron chi connectivity index (χ3n) is 2.97. The summed E-state index contributed by atoms with van der Waals surface area (Å²) in [6.07, 6.45) is 0. The molecule has 0 radical (unpaired) electrons. The third kappa shape index (κ3) is 5.21. The summed E-state index contributed by atoms with van der Waals surface area (Å²) < 4.78 is 0. The molecular formula is C16H20N4OS. The Bertz CT molecular complexity index is 637. The molecule has 0 atom stereocenters. The zero-order valence-corrected chi connectivity index (χ0v) is 13.5. The zero-order valence-electron chi connectivity index (χ0n) is 12.7. The first kappa shape index (κ1) is 16.0. The Morgan fingerprint density at radius 2 is 1.95 bits per heavy atom. The Kier molecular flexibility index (Phi) is 5.97. The van der Waals surface area contributed by atoms with Gasteiger partial charge in [-0.25, -0.2) is 0 Å². The molecule has 0 aliphatic rings. The van der Waals surface area contributed by atoms with Crippen molar-refractivity contribution in [3.05, 3.63) is 52.2 Å². The van der Waals surface area contributed by atoms with Gasteiger partial charge in [0.05, 0.1) is 0 Å². The number of thiophene rings is 1. The number of hydrogen-bond acceptors (Lipinski definition) is 3. The number of benzene rings is 1. The van der Waals surface area contributed by atoms with Crippen LogP contribution >= 0.6 is 11.3 Å². The van der Waals surface area contributed by atoms with Crippen LogP contribution in [0.2, 0.25) is 0 Å². The van der Waals surface area contributed by atoms with E-state index in [-0.39, 0.29) is 5.91 Å². The van der Waals surface area contributed by atoms with E-state index in [9.17, 15) is 4.79 Å². The summed E-state index contributed by atoms with van der Waals surface area (Å²) in [5.74, 6) is 0.675. The Labute approximate surface area is 134 Å². The van der Waals surface area contributed by atoms with Crippen molar-refractivity contribution in [1.29, 1.82) is 0 Å². The lowest BCUT2D eigenvalue weighted by atomic mass is 10.2. The number of hydrogen-bond donors (Lipinski definition) is 3. The van der Waals surface area contributed by atoms with Gasteiger partial charge in [-0.05, 0) is 40.1 Å². The fourth-order valence-corrected chi connectivity index (χ4v) is 2.62. The highest BCUT2D eigenvalue weighted by Gasteiger charge is 2.01. The van der Waals surface area contributed by atoms with Gasteiger partial charge in [-0.15, -0.1) is 0 Å². The van der Waals surface area contributed by atoms with Gasteiger partial charge in [-0.2, -0.15) is 11.3 Å². The molecule has 1 aromatic carbocycles.